The van der Waals surface area contributed by atoms with E-state index >= 15 is 0 Å². The van der Waals surface area contributed by atoms with Crippen molar-refractivity contribution < 1.29 is 19.5 Å². The highest BCUT2D eigenvalue weighted by atomic mass is 16.4. The molecule has 0 saturated heterocycles. The molecule has 7 heteroatoms. The highest BCUT2D eigenvalue weighted by Gasteiger charge is 2.28. The van der Waals surface area contributed by atoms with Gasteiger partial charge in [0, 0.05) is 12.5 Å². The Bertz CT molecular complexity index is 399. The Morgan fingerprint density at radius 2 is 1.86 bits per heavy atom. The van der Waals surface area contributed by atoms with E-state index in [2.05, 4.69) is 24.5 Å². The summed E-state index contributed by atoms with van der Waals surface area (Å²) in [6.07, 6.45) is 3.76. The normalized spacial score (nSPS) is 19.5. The molecule has 21 heavy (non-hydrogen) atoms. The lowest BCUT2D eigenvalue weighted by Crippen LogP contribution is -2.50. The quantitative estimate of drug-likeness (QED) is 0.584. The van der Waals surface area contributed by atoms with Gasteiger partial charge in [-0.15, -0.1) is 0 Å². The van der Waals surface area contributed by atoms with Gasteiger partial charge in [0.25, 0.3) is 0 Å². The van der Waals surface area contributed by atoms with Gasteiger partial charge in [-0.1, -0.05) is 13.8 Å². The fraction of sp³-hybridized carbons (Fsp3) is 0.786. The molecule has 7 nitrogen and oxygen atoms in total. The average Bonchev–Trinajstić information content (AvgIpc) is 2.36. The first kappa shape index (κ1) is 17.3. The molecule has 0 radical (unpaired) electrons. The molecule has 1 rings (SSSR count). The summed E-state index contributed by atoms with van der Waals surface area (Å²) in [7, 11) is 0. The van der Waals surface area contributed by atoms with Crippen LogP contribution in [0.2, 0.25) is 0 Å². The Morgan fingerprint density at radius 3 is 2.33 bits per heavy atom. The first-order valence-electron chi connectivity index (χ1n) is 7.28. The van der Waals surface area contributed by atoms with Crippen LogP contribution in [0.5, 0.6) is 0 Å². The zero-order chi connectivity index (χ0) is 16.0. The van der Waals surface area contributed by atoms with Crippen molar-refractivity contribution in [2.24, 2.45) is 11.1 Å². The zero-order valence-corrected chi connectivity index (χ0v) is 12.6. The number of hydrogen-bond acceptors (Lipinski definition) is 3. The lowest BCUT2D eigenvalue weighted by Gasteiger charge is -2.34. The molecule has 1 saturated carbocycles. The zero-order valence-electron chi connectivity index (χ0n) is 12.6. The maximum atomic E-state index is 11.8. The van der Waals surface area contributed by atoms with Crippen LogP contribution >= 0.6 is 0 Å². The van der Waals surface area contributed by atoms with E-state index in [1.54, 1.807) is 0 Å². The van der Waals surface area contributed by atoms with Gasteiger partial charge >= 0.3 is 12.0 Å². The average molecular weight is 299 g/mol. The van der Waals surface area contributed by atoms with Gasteiger partial charge in [0.1, 0.15) is 6.04 Å². The third-order valence-corrected chi connectivity index (χ3v) is 3.96. The third kappa shape index (κ3) is 6.46. The number of nitrogens with two attached hydrogens (primary N) is 1. The summed E-state index contributed by atoms with van der Waals surface area (Å²) in [5.41, 5.74) is 5.29. The van der Waals surface area contributed by atoms with Gasteiger partial charge in [0.2, 0.25) is 5.91 Å². The number of rotatable bonds is 6. The van der Waals surface area contributed by atoms with Crippen LogP contribution in [-0.4, -0.2) is 35.1 Å². The van der Waals surface area contributed by atoms with Crippen molar-refractivity contribution in [3.63, 3.8) is 0 Å². The number of carbonyl (C=O) groups excluding carboxylic acids is 2. The Labute approximate surface area is 124 Å². The van der Waals surface area contributed by atoms with E-state index in [-0.39, 0.29) is 18.9 Å². The molecule has 0 bridgehead atoms. The number of hydrogen-bond donors (Lipinski definition) is 4. The molecule has 0 aromatic carbocycles. The first-order chi connectivity index (χ1) is 9.69. The van der Waals surface area contributed by atoms with Gasteiger partial charge in [-0.05, 0) is 37.5 Å². The van der Waals surface area contributed by atoms with E-state index < -0.39 is 23.9 Å². The van der Waals surface area contributed by atoms with E-state index in [4.69, 9.17) is 10.8 Å². The van der Waals surface area contributed by atoms with Gasteiger partial charge in [0.05, 0.1) is 0 Å². The molecule has 5 N–H and O–H groups in total. The lowest BCUT2D eigenvalue weighted by molar-refractivity contribution is -0.139. The van der Waals surface area contributed by atoms with Gasteiger partial charge in [-0.2, -0.15) is 0 Å². The smallest absolute Gasteiger partial charge is 0.326 e. The summed E-state index contributed by atoms with van der Waals surface area (Å²) in [6.45, 7) is 4.40. The summed E-state index contributed by atoms with van der Waals surface area (Å²) in [6, 6.07) is -1.53. The molecule has 0 spiro atoms. The minimum atomic E-state index is -1.17. The predicted molar refractivity (Wildman–Crippen MR) is 77.6 cm³/mol. The van der Waals surface area contributed by atoms with Gasteiger partial charge in [-0.3, -0.25) is 4.79 Å². The molecule has 0 unspecified atom stereocenters. The summed E-state index contributed by atoms with van der Waals surface area (Å²) in [5.74, 6) is -1.76. The van der Waals surface area contributed by atoms with Crippen LogP contribution < -0.4 is 16.4 Å². The first-order valence-corrected chi connectivity index (χ1v) is 7.28. The molecule has 1 atom stereocenters. The van der Waals surface area contributed by atoms with Crippen molar-refractivity contribution in [3.8, 4) is 0 Å². The van der Waals surface area contributed by atoms with E-state index in [0.717, 1.165) is 25.7 Å². The Kier molecular flexibility index (Phi) is 5.99. The Balaban J connectivity index is 2.40. The van der Waals surface area contributed by atoms with Crippen molar-refractivity contribution in [1.82, 2.24) is 10.6 Å². The van der Waals surface area contributed by atoms with E-state index in [0.29, 0.717) is 5.41 Å². The number of carbonyl (C=O) groups is 3. The second-order valence-corrected chi connectivity index (χ2v) is 6.45. The van der Waals surface area contributed by atoms with Gasteiger partial charge in [0.15, 0.2) is 0 Å². The molecule has 120 valence electrons. The van der Waals surface area contributed by atoms with Crippen molar-refractivity contribution in [1.29, 1.82) is 0 Å². The lowest BCUT2D eigenvalue weighted by atomic mass is 9.76. The fourth-order valence-corrected chi connectivity index (χ4v) is 2.47. The molecule has 1 aliphatic rings. The van der Waals surface area contributed by atoms with Crippen LogP contribution in [0.1, 0.15) is 52.4 Å². The molecule has 0 aromatic rings. The van der Waals surface area contributed by atoms with E-state index in [1.807, 2.05) is 0 Å². The van der Waals surface area contributed by atoms with Crippen molar-refractivity contribution in [3.05, 3.63) is 0 Å². The van der Waals surface area contributed by atoms with Crippen LogP contribution in [0.15, 0.2) is 0 Å². The van der Waals surface area contributed by atoms with Crippen molar-refractivity contribution in [2.75, 3.05) is 0 Å². The largest absolute Gasteiger partial charge is 0.480 e. The predicted octanol–water partition coefficient (Wildman–Crippen LogP) is 0.973. The van der Waals surface area contributed by atoms with Crippen LogP contribution in [-0.2, 0) is 9.59 Å². The molecule has 0 heterocycles. The topological polar surface area (TPSA) is 122 Å². The Morgan fingerprint density at radius 1 is 1.29 bits per heavy atom. The number of nitrogens with one attached hydrogen (secondary N) is 2. The SMILES string of the molecule is CC1(C)CCC(NC(=O)N[C@@H](CCC(N)=O)C(=O)O)CC1. The number of aliphatic carboxylic acids is 1. The third-order valence-electron chi connectivity index (χ3n) is 3.96. The minimum absolute atomic E-state index is 0.00418. The van der Waals surface area contributed by atoms with E-state index in [1.165, 1.54) is 0 Å². The summed E-state index contributed by atoms with van der Waals surface area (Å²) < 4.78 is 0. The second kappa shape index (κ2) is 7.28. The molecule has 1 aliphatic carbocycles. The molecule has 0 aromatic heterocycles. The highest BCUT2D eigenvalue weighted by molar-refractivity contribution is 5.83. The number of urea groups is 1. The molecule has 0 aliphatic heterocycles. The minimum Gasteiger partial charge on any atom is -0.480 e. The van der Waals surface area contributed by atoms with E-state index in [9.17, 15) is 14.4 Å². The fourth-order valence-electron chi connectivity index (χ4n) is 2.47. The number of carboxylic acid groups (broad SMARTS) is 1. The van der Waals surface area contributed by atoms with Crippen molar-refractivity contribution in [2.45, 2.75) is 64.5 Å². The number of amides is 3. The summed E-state index contributed by atoms with van der Waals surface area (Å²) >= 11 is 0. The molecule has 1 fully saturated rings. The van der Waals surface area contributed by atoms with Gasteiger partial charge in [-0.25, -0.2) is 9.59 Å². The monoisotopic (exact) mass is 299 g/mol. The van der Waals surface area contributed by atoms with Crippen molar-refractivity contribution >= 4 is 17.9 Å². The second-order valence-electron chi connectivity index (χ2n) is 6.45. The molecule has 3 amide bonds. The summed E-state index contributed by atoms with van der Waals surface area (Å²) in [4.78, 5) is 33.6. The van der Waals surface area contributed by atoms with Gasteiger partial charge < -0.3 is 21.5 Å². The standard InChI is InChI=1S/C14H25N3O4/c1-14(2)7-5-9(6-8-14)16-13(21)17-10(12(19)20)3-4-11(15)18/h9-10H,3-8H2,1-2H3,(H2,15,18)(H,19,20)(H2,16,17,21)/t10-/m0/s1. The maximum Gasteiger partial charge on any atom is 0.326 e. The van der Waals surface area contributed by atoms with Crippen LogP contribution in [0.25, 0.3) is 0 Å². The van der Waals surface area contributed by atoms with Crippen LogP contribution in [0.3, 0.4) is 0 Å². The summed E-state index contributed by atoms with van der Waals surface area (Å²) in [5, 5.41) is 14.2. The molecular formula is C14H25N3O4. The number of primary amides is 1. The maximum absolute atomic E-state index is 11.8. The molecular weight excluding hydrogens is 274 g/mol. The van der Waals surface area contributed by atoms with Crippen LogP contribution in [0.4, 0.5) is 4.79 Å². The highest BCUT2D eigenvalue weighted by Crippen LogP contribution is 2.34. The number of carboxylic acids is 1. The van der Waals surface area contributed by atoms with Crippen LogP contribution in [0, 0.1) is 5.41 Å². The Hall–Kier alpha value is -1.79.